The van der Waals surface area contributed by atoms with Crippen molar-refractivity contribution < 1.29 is 0 Å². The van der Waals surface area contributed by atoms with Gasteiger partial charge in [0, 0.05) is 23.7 Å². The maximum atomic E-state index is 5.57. The molecule has 0 aromatic carbocycles. The summed E-state index contributed by atoms with van der Waals surface area (Å²) in [6.07, 6.45) is 8.58. The zero-order valence-electron chi connectivity index (χ0n) is 12.6. The summed E-state index contributed by atoms with van der Waals surface area (Å²) in [5.41, 5.74) is 4.68. The fourth-order valence-corrected chi connectivity index (χ4v) is 2.97. The smallest absolute Gasteiger partial charge is 0.180 e. The second kappa shape index (κ2) is 5.81. The van der Waals surface area contributed by atoms with Crippen LogP contribution >= 0.6 is 0 Å². The SMILES string of the molecule is CC(C)n1cncc1-c1nc(NN)cc(C2CCCC2)n1. The van der Waals surface area contributed by atoms with Crippen LogP contribution in [0, 0.1) is 0 Å². The van der Waals surface area contributed by atoms with Gasteiger partial charge in [0.1, 0.15) is 11.5 Å². The summed E-state index contributed by atoms with van der Waals surface area (Å²) in [5, 5.41) is 0. The first-order valence-electron chi connectivity index (χ1n) is 7.57. The molecule has 0 spiro atoms. The van der Waals surface area contributed by atoms with Gasteiger partial charge in [-0.15, -0.1) is 0 Å². The van der Waals surface area contributed by atoms with E-state index >= 15 is 0 Å². The Balaban J connectivity index is 2.04. The quantitative estimate of drug-likeness (QED) is 0.667. The van der Waals surface area contributed by atoms with Crippen molar-refractivity contribution in [3.8, 4) is 11.5 Å². The molecule has 0 atom stereocenters. The highest BCUT2D eigenvalue weighted by Gasteiger charge is 2.21. The van der Waals surface area contributed by atoms with Gasteiger partial charge < -0.3 is 9.99 Å². The van der Waals surface area contributed by atoms with Crippen LogP contribution in [0.25, 0.3) is 11.5 Å². The number of nitrogens with two attached hydrogens (primary N) is 1. The van der Waals surface area contributed by atoms with Crippen LogP contribution in [-0.4, -0.2) is 19.5 Å². The molecule has 2 aromatic heterocycles. The van der Waals surface area contributed by atoms with E-state index in [1.165, 1.54) is 25.7 Å². The normalized spacial score (nSPS) is 15.8. The number of nitrogens with one attached hydrogen (secondary N) is 1. The van der Waals surface area contributed by atoms with Crippen LogP contribution in [0.3, 0.4) is 0 Å². The van der Waals surface area contributed by atoms with Crippen molar-refractivity contribution in [3.63, 3.8) is 0 Å². The largest absolute Gasteiger partial charge is 0.325 e. The molecule has 0 unspecified atom stereocenters. The Morgan fingerprint density at radius 2 is 2.05 bits per heavy atom. The molecule has 0 saturated heterocycles. The highest BCUT2D eigenvalue weighted by Crippen LogP contribution is 2.34. The topological polar surface area (TPSA) is 81.7 Å². The molecule has 21 heavy (non-hydrogen) atoms. The summed E-state index contributed by atoms with van der Waals surface area (Å²) in [6.45, 7) is 4.24. The number of anilines is 1. The Labute approximate surface area is 124 Å². The average Bonchev–Trinajstić information content (AvgIpc) is 3.17. The predicted molar refractivity (Wildman–Crippen MR) is 82.7 cm³/mol. The highest BCUT2D eigenvalue weighted by molar-refractivity contribution is 5.53. The van der Waals surface area contributed by atoms with E-state index in [4.69, 9.17) is 10.8 Å². The van der Waals surface area contributed by atoms with Crippen molar-refractivity contribution in [2.45, 2.75) is 51.5 Å². The van der Waals surface area contributed by atoms with Crippen molar-refractivity contribution in [2.75, 3.05) is 5.43 Å². The average molecular weight is 286 g/mol. The van der Waals surface area contributed by atoms with Gasteiger partial charge in [-0.05, 0) is 26.7 Å². The number of imidazole rings is 1. The molecule has 0 bridgehead atoms. The first-order valence-corrected chi connectivity index (χ1v) is 7.57. The van der Waals surface area contributed by atoms with Gasteiger partial charge in [0.15, 0.2) is 5.82 Å². The van der Waals surface area contributed by atoms with Crippen LogP contribution in [0.4, 0.5) is 5.82 Å². The lowest BCUT2D eigenvalue weighted by atomic mass is 10.0. The first kappa shape index (κ1) is 14.0. The molecular formula is C15H22N6. The molecule has 0 aliphatic heterocycles. The molecule has 1 fully saturated rings. The predicted octanol–water partition coefficient (Wildman–Crippen LogP) is 2.86. The standard InChI is InChI=1S/C15H22N6/c1-10(2)21-9-17-8-13(21)15-18-12(7-14(19-15)20-16)11-5-3-4-6-11/h7-11H,3-6,16H2,1-2H3,(H,18,19,20). The Kier molecular flexibility index (Phi) is 3.88. The minimum Gasteiger partial charge on any atom is -0.325 e. The second-order valence-corrected chi connectivity index (χ2v) is 5.91. The van der Waals surface area contributed by atoms with Crippen molar-refractivity contribution in [1.82, 2.24) is 19.5 Å². The summed E-state index contributed by atoms with van der Waals surface area (Å²) in [6, 6.07) is 2.28. The summed E-state index contributed by atoms with van der Waals surface area (Å²) in [7, 11) is 0. The van der Waals surface area contributed by atoms with E-state index in [-0.39, 0.29) is 0 Å². The molecule has 1 saturated carbocycles. The number of nitrogen functional groups attached to an aromatic ring is 1. The number of hydrogen-bond acceptors (Lipinski definition) is 5. The van der Waals surface area contributed by atoms with Gasteiger partial charge in [-0.3, -0.25) is 0 Å². The van der Waals surface area contributed by atoms with Crippen LogP contribution in [0.5, 0.6) is 0 Å². The minimum absolute atomic E-state index is 0.315. The fourth-order valence-electron chi connectivity index (χ4n) is 2.97. The van der Waals surface area contributed by atoms with E-state index in [0.717, 1.165) is 11.4 Å². The molecule has 0 radical (unpaired) electrons. The lowest BCUT2D eigenvalue weighted by Gasteiger charge is -2.14. The Morgan fingerprint density at radius 3 is 2.71 bits per heavy atom. The number of rotatable bonds is 4. The second-order valence-electron chi connectivity index (χ2n) is 5.91. The van der Waals surface area contributed by atoms with Gasteiger partial charge in [-0.25, -0.2) is 20.8 Å². The third kappa shape index (κ3) is 2.76. The third-order valence-corrected chi connectivity index (χ3v) is 4.12. The Bertz CT molecular complexity index is 612. The van der Waals surface area contributed by atoms with Crippen LogP contribution in [-0.2, 0) is 0 Å². The minimum atomic E-state index is 0.315. The third-order valence-electron chi connectivity index (χ3n) is 4.12. The summed E-state index contributed by atoms with van der Waals surface area (Å²) in [5.74, 6) is 7.46. The van der Waals surface area contributed by atoms with Gasteiger partial charge in [-0.2, -0.15) is 0 Å². The maximum Gasteiger partial charge on any atom is 0.180 e. The van der Waals surface area contributed by atoms with Crippen molar-refractivity contribution in [3.05, 3.63) is 24.3 Å². The van der Waals surface area contributed by atoms with Crippen LogP contribution < -0.4 is 11.3 Å². The number of hydrogen-bond donors (Lipinski definition) is 2. The molecule has 6 heteroatoms. The van der Waals surface area contributed by atoms with E-state index in [2.05, 4.69) is 33.8 Å². The van der Waals surface area contributed by atoms with Crippen molar-refractivity contribution in [2.24, 2.45) is 5.84 Å². The summed E-state index contributed by atoms with van der Waals surface area (Å²) >= 11 is 0. The lowest BCUT2D eigenvalue weighted by Crippen LogP contribution is -2.12. The van der Waals surface area contributed by atoms with Crippen molar-refractivity contribution in [1.29, 1.82) is 0 Å². The fraction of sp³-hybridized carbons (Fsp3) is 0.533. The van der Waals surface area contributed by atoms with Crippen molar-refractivity contribution >= 4 is 5.82 Å². The van der Waals surface area contributed by atoms with E-state index in [1.807, 2.05) is 18.6 Å². The van der Waals surface area contributed by atoms with E-state index in [1.54, 1.807) is 0 Å². The monoisotopic (exact) mass is 286 g/mol. The number of hydrazine groups is 1. The molecule has 3 rings (SSSR count). The molecule has 2 heterocycles. The first-order chi connectivity index (χ1) is 10.2. The van der Waals surface area contributed by atoms with Crippen LogP contribution in [0.1, 0.15) is 57.2 Å². The Hall–Kier alpha value is -1.95. The maximum absolute atomic E-state index is 5.57. The molecule has 6 nitrogen and oxygen atoms in total. The Morgan fingerprint density at radius 1 is 1.29 bits per heavy atom. The van der Waals surface area contributed by atoms with Gasteiger partial charge in [-0.1, -0.05) is 12.8 Å². The molecule has 1 aliphatic carbocycles. The van der Waals surface area contributed by atoms with E-state index in [0.29, 0.717) is 23.6 Å². The van der Waals surface area contributed by atoms with Gasteiger partial charge in [0.2, 0.25) is 0 Å². The van der Waals surface area contributed by atoms with Gasteiger partial charge in [0.25, 0.3) is 0 Å². The molecule has 2 aromatic rings. The highest BCUT2D eigenvalue weighted by atomic mass is 15.3. The van der Waals surface area contributed by atoms with E-state index < -0.39 is 0 Å². The zero-order valence-corrected chi connectivity index (χ0v) is 12.6. The van der Waals surface area contributed by atoms with Gasteiger partial charge in [0.05, 0.1) is 12.5 Å². The summed E-state index contributed by atoms with van der Waals surface area (Å²) < 4.78 is 2.08. The van der Waals surface area contributed by atoms with E-state index in [9.17, 15) is 0 Å². The molecule has 112 valence electrons. The molecule has 0 amide bonds. The molecule has 3 N–H and O–H groups in total. The van der Waals surface area contributed by atoms with Crippen LogP contribution in [0.2, 0.25) is 0 Å². The van der Waals surface area contributed by atoms with Gasteiger partial charge >= 0.3 is 0 Å². The number of aromatic nitrogens is 4. The van der Waals surface area contributed by atoms with Crippen LogP contribution in [0.15, 0.2) is 18.6 Å². The number of nitrogens with zero attached hydrogens (tertiary/aromatic N) is 4. The lowest BCUT2D eigenvalue weighted by molar-refractivity contribution is 0.602. The molecular weight excluding hydrogens is 264 g/mol. The summed E-state index contributed by atoms with van der Waals surface area (Å²) in [4.78, 5) is 13.5. The molecule has 1 aliphatic rings. The zero-order chi connectivity index (χ0) is 14.8.